The molecule has 4 N–H and O–H groups in total. The lowest BCUT2D eigenvalue weighted by molar-refractivity contribution is 0.0334. The number of methoxy groups -OCH3 is 1. The number of hydrogen-bond acceptors (Lipinski definition) is 6. The average molecular weight is 314 g/mol. The molecular formula is C17H22N4O2. The van der Waals surface area contributed by atoms with E-state index in [1.807, 2.05) is 24.3 Å². The first-order chi connectivity index (χ1) is 11.2. The van der Waals surface area contributed by atoms with E-state index >= 15 is 0 Å². The molecule has 3 rings (SSSR count). The zero-order chi connectivity index (χ0) is 16.4. The summed E-state index contributed by atoms with van der Waals surface area (Å²) in [5.74, 6) is 0.874. The van der Waals surface area contributed by atoms with Crippen molar-refractivity contribution in [2.24, 2.45) is 11.7 Å². The molecule has 0 saturated carbocycles. The Labute approximate surface area is 136 Å². The molecule has 0 spiro atoms. The summed E-state index contributed by atoms with van der Waals surface area (Å²) in [7, 11) is 1.64. The van der Waals surface area contributed by atoms with Gasteiger partial charge in [-0.05, 0) is 12.5 Å². The van der Waals surface area contributed by atoms with Gasteiger partial charge in [0.1, 0.15) is 11.8 Å². The van der Waals surface area contributed by atoms with Gasteiger partial charge in [-0.2, -0.15) is 5.26 Å². The summed E-state index contributed by atoms with van der Waals surface area (Å²) in [6, 6.07) is 10.2. The van der Waals surface area contributed by atoms with Gasteiger partial charge in [-0.25, -0.2) is 5.43 Å². The van der Waals surface area contributed by atoms with E-state index < -0.39 is 0 Å². The van der Waals surface area contributed by atoms with Crippen LogP contribution < -0.4 is 21.3 Å². The minimum Gasteiger partial charge on any atom is -0.496 e. The maximum absolute atomic E-state index is 9.64. The number of nitrogens with one attached hydrogen (secondary N) is 2. The van der Waals surface area contributed by atoms with Crippen LogP contribution in [0, 0.1) is 17.2 Å². The first-order valence-corrected chi connectivity index (χ1v) is 7.91. The van der Waals surface area contributed by atoms with Crippen molar-refractivity contribution < 1.29 is 9.47 Å². The molecule has 1 fully saturated rings. The number of nitriles is 1. The van der Waals surface area contributed by atoms with E-state index in [1.165, 1.54) is 0 Å². The number of para-hydroxylation sites is 1. The fraction of sp³-hybridized carbons (Fsp3) is 0.471. The molecule has 2 aliphatic heterocycles. The maximum Gasteiger partial charge on any atom is 0.200 e. The lowest BCUT2D eigenvalue weighted by atomic mass is 9.74. The Kier molecular flexibility index (Phi) is 4.42. The lowest BCUT2D eigenvalue weighted by Gasteiger charge is -2.36. The minimum absolute atomic E-state index is 0.0770. The predicted molar refractivity (Wildman–Crippen MR) is 85.9 cm³/mol. The first-order valence-electron chi connectivity index (χ1n) is 7.91. The Morgan fingerprint density at radius 3 is 2.83 bits per heavy atom. The van der Waals surface area contributed by atoms with Gasteiger partial charge in [-0.15, -0.1) is 0 Å². The molecule has 0 bridgehead atoms. The Morgan fingerprint density at radius 1 is 1.35 bits per heavy atom. The van der Waals surface area contributed by atoms with Gasteiger partial charge in [-0.3, -0.25) is 5.43 Å². The second-order valence-corrected chi connectivity index (χ2v) is 5.91. The van der Waals surface area contributed by atoms with Crippen LogP contribution in [0.25, 0.3) is 0 Å². The van der Waals surface area contributed by atoms with Crippen LogP contribution in [0.4, 0.5) is 0 Å². The molecule has 4 unspecified atom stereocenters. The Morgan fingerprint density at radius 2 is 2.13 bits per heavy atom. The van der Waals surface area contributed by atoms with Crippen molar-refractivity contribution in [1.29, 1.82) is 5.26 Å². The zero-order valence-electron chi connectivity index (χ0n) is 13.4. The van der Waals surface area contributed by atoms with Gasteiger partial charge in [0.25, 0.3) is 0 Å². The molecule has 6 heteroatoms. The maximum atomic E-state index is 9.64. The van der Waals surface area contributed by atoms with Gasteiger partial charge >= 0.3 is 0 Å². The van der Waals surface area contributed by atoms with Gasteiger partial charge in [-0.1, -0.05) is 31.5 Å². The summed E-state index contributed by atoms with van der Waals surface area (Å²) in [5.41, 5.74) is 13.9. The number of rotatable bonds is 4. The molecule has 4 atom stereocenters. The summed E-state index contributed by atoms with van der Waals surface area (Å²) in [6.07, 6.45) is 1.78. The van der Waals surface area contributed by atoms with E-state index in [4.69, 9.17) is 15.2 Å². The van der Waals surface area contributed by atoms with E-state index in [0.29, 0.717) is 5.57 Å². The molecule has 2 aliphatic rings. The largest absolute Gasteiger partial charge is 0.496 e. The highest BCUT2D eigenvalue weighted by atomic mass is 16.5. The number of nitrogens with zero attached hydrogens (tertiary/aromatic N) is 1. The van der Waals surface area contributed by atoms with Crippen LogP contribution in [0.3, 0.4) is 0 Å². The molecule has 1 aromatic carbocycles. The highest BCUT2D eigenvalue weighted by Gasteiger charge is 2.48. The third-order valence-electron chi connectivity index (χ3n) is 4.63. The van der Waals surface area contributed by atoms with Crippen LogP contribution in [0.15, 0.2) is 35.7 Å². The molecule has 1 saturated heterocycles. The van der Waals surface area contributed by atoms with Crippen LogP contribution in [0.2, 0.25) is 0 Å². The van der Waals surface area contributed by atoms with Gasteiger partial charge in [0.15, 0.2) is 6.23 Å². The third-order valence-corrected chi connectivity index (χ3v) is 4.63. The number of fused-ring (bicyclic) bond motifs is 1. The second-order valence-electron chi connectivity index (χ2n) is 5.91. The van der Waals surface area contributed by atoms with Crippen molar-refractivity contribution in [1.82, 2.24) is 10.9 Å². The number of nitrogens with two attached hydrogens (primary N) is 1. The molecule has 6 nitrogen and oxygen atoms in total. The standard InChI is InChI=1S/C17H22N4O2/c1-3-6-12-15-14(10-7-4-5-8-13(10)22-2)11(9-18)16(19)23-17(15)21-20-12/h4-5,7-8,12,14-15,17,20-21H,3,6,19H2,1-2H3. The van der Waals surface area contributed by atoms with Gasteiger partial charge in [0.2, 0.25) is 5.88 Å². The SMILES string of the molecule is CCCC1NNC2OC(N)=C(C#N)C(c3ccccc3OC)C12. The number of benzene rings is 1. The average Bonchev–Trinajstić information content (AvgIpc) is 2.96. The molecule has 0 aromatic heterocycles. The van der Waals surface area contributed by atoms with E-state index in [-0.39, 0.29) is 30.0 Å². The molecule has 0 radical (unpaired) electrons. The van der Waals surface area contributed by atoms with Crippen LogP contribution in [-0.4, -0.2) is 19.4 Å². The monoisotopic (exact) mass is 314 g/mol. The summed E-state index contributed by atoms with van der Waals surface area (Å²) < 4.78 is 11.3. The minimum atomic E-state index is -0.251. The van der Waals surface area contributed by atoms with Crippen molar-refractivity contribution in [3.8, 4) is 11.8 Å². The number of hydrogen-bond donors (Lipinski definition) is 3. The van der Waals surface area contributed by atoms with Crippen LogP contribution in [0.5, 0.6) is 5.75 Å². The van der Waals surface area contributed by atoms with Crippen molar-refractivity contribution in [3.63, 3.8) is 0 Å². The van der Waals surface area contributed by atoms with Gasteiger partial charge in [0, 0.05) is 23.4 Å². The van der Waals surface area contributed by atoms with E-state index in [2.05, 4.69) is 23.8 Å². The highest BCUT2D eigenvalue weighted by molar-refractivity contribution is 5.47. The quantitative estimate of drug-likeness (QED) is 0.784. The van der Waals surface area contributed by atoms with E-state index in [1.54, 1.807) is 7.11 Å². The second kappa shape index (κ2) is 6.49. The summed E-state index contributed by atoms with van der Waals surface area (Å²) >= 11 is 0. The van der Waals surface area contributed by atoms with Crippen molar-refractivity contribution >= 4 is 0 Å². The fourth-order valence-electron chi connectivity index (χ4n) is 3.64. The summed E-state index contributed by atoms with van der Waals surface area (Å²) in [5, 5.41) is 9.64. The Bertz CT molecular complexity index is 652. The van der Waals surface area contributed by atoms with Crippen LogP contribution in [-0.2, 0) is 4.74 Å². The first kappa shape index (κ1) is 15.7. The smallest absolute Gasteiger partial charge is 0.200 e. The van der Waals surface area contributed by atoms with Crippen molar-refractivity contribution in [2.75, 3.05) is 7.11 Å². The van der Waals surface area contributed by atoms with E-state index in [0.717, 1.165) is 24.2 Å². The fourth-order valence-corrected chi connectivity index (χ4v) is 3.64. The third kappa shape index (κ3) is 2.62. The molecule has 0 aliphatic carbocycles. The zero-order valence-corrected chi connectivity index (χ0v) is 13.4. The summed E-state index contributed by atoms with van der Waals surface area (Å²) in [4.78, 5) is 0. The Hall–Kier alpha value is -2.23. The van der Waals surface area contributed by atoms with Gasteiger partial charge in [0.05, 0.1) is 12.7 Å². The summed E-state index contributed by atoms with van der Waals surface area (Å²) in [6.45, 7) is 2.15. The lowest BCUT2D eigenvalue weighted by Crippen LogP contribution is -2.41. The number of ether oxygens (including phenoxy) is 2. The molecule has 122 valence electrons. The number of allylic oxidation sites excluding steroid dienone is 1. The normalized spacial score (nSPS) is 29.6. The topological polar surface area (TPSA) is 92.3 Å². The highest BCUT2D eigenvalue weighted by Crippen LogP contribution is 2.46. The van der Waals surface area contributed by atoms with Crippen molar-refractivity contribution in [3.05, 3.63) is 41.3 Å². The van der Waals surface area contributed by atoms with Gasteiger partial charge < -0.3 is 15.2 Å². The Balaban J connectivity index is 2.11. The van der Waals surface area contributed by atoms with Crippen LogP contribution in [0.1, 0.15) is 31.2 Å². The van der Waals surface area contributed by atoms with E-state index in [9.17, 15) is 5.26 Å². The molecule has 23 heavy (non-hydrogen) atoms. The molecule has 2 heterocycles. The number of hydrazine groups is 1. The molecular weight excluding hydrogens is 292 g/mol. The molecule has 0 amide bonds. The van der Waals surface area contributed by atoms with Crippen LogP contribution >= 0.6 is 0 Å². The predicted octanol–water partition coefficient (Wildman–Crippen LogP) is 1.72. The van der Waals surface area contributed by atoms with Crippen molar-refractivity contribution in [2.45, 2.75) is 38.0 Å². The molecule has 1 aromatic rings.